The van der Waals surface area contributed by atoms with Crippen LogP contribution in [0.1, 0.15) is 39.0 Å². The summed E-state index contributed by atoms with van der Waals surface area (Å²) in [6.07, 6.45) is 5.86. The molecule has 2 atom stereocenters. The Labute approximate surface area is 120 Å². The normalized spacial score (nSPS) is 26.3. The van der Waals surface area contributed by atoms with Gasteiger partial charge in [-0.2, -0.15) is 0 Å². The molecule has 1 aliphatic rings. The van der Waals surface area contributed by atoms with Gasteiger partial charge in [0.25, 0.3) is 0 Å². The maximum absolute atomic E-state index is 13.5. The average Bonchev–Trinajstić information content (AvgIpc) is 2.49. The molecule has 20 heavy (non-hydrogen) atoms. The van der Waals surface area contributed by atoms with Gasteiger partial charge in [0.2, 0.25) is 0 Å². The smallest absolute Gasteiger partial charge is 0.165 e. The largest absolute Gasteiger partial charge is 0.494 e. The third-order valence-corrected chi connectivity index (χ3v) is 4.61. The second-order valence-electron chi connectivity index (χ2n) is 5.69. The molecule has 112 valence electrons. The Morgan fingerprint density at radius 3 is 2.90 bits per heavy atom. The summed E-state index contributed by atoms with van der Waals surface area (Å²) in [7, 11) is 1.48. The van der Waals surface area contributed by atoms with Crippen LogP contribution in [0.5, 0.6) is 5.75 Å². The maximum atomic E-state index is 13.5. The van der Waals surface area contributed by atoms with Crippen LogP contribution < -0.4 is 15.8 Å². The van der Waals surface area contributed by atoms with E-state index in [4.69, 9.17) is 10.5 Å². The Morgan fingerprint density at radius 1 is 1.45 bits per heavy atom. The van der Waals surface area contributed by atoms with Crippen LogP contribution in [0, 0.1) is 11.7 Å². The molecule has 1 aromatic rings. The van der Waals surface area contributed by atoms with Gasteiger partial charge in [-0.15, -0.1) is 0 Å². The predicted octanol–water partition coefficient (Wildman–Crippen LogP) is 3.54. The van der Waals surface area contributed by atoms with Crippen LogP contribution in [0.3, 0.4) is 0 Å². The van der Waals surface area contributed by atoms with Crippen LogP contribution in [-0.4, -0.2) is 19.2 Å². The zero-order chi connectivity index (χ0) is 14.6. The molecule has 1 fully saturated rings. The number of halogens is 1. The summed E-state index contributed by atoms with van der Waals surface area (Å²) in [5.41, 5.74) is 6.89. The van der Waals surface area contributed by atoms with Gasteiger partial charge in [0, 0.05) is 18.3 Å². The van der Waals surface area contributed by atoms with Crippen molar-refractivity contribution in [1.82, 2.24) is 0 Å². The van der Waals surface area contributed by atoms with Gasteiger partial charge in [0.05, 0.1) is 12.6 Å². The van der Waals surface area contributed by atoms with Gasteiger partial charge in [-0.3, -0.25) is 0 Å². The Kier molecular flexibility index (Phi) is 4.86. The van der Waals surface area contributed by atoms with E-state index in [0.29, 0.717) is 12.5 Å². The first-order chi connectivity index (χ1) is 9.65. The fraction of sp³-hybridized carbons (Fsp3) is 0.625. The highest BCUT2D eigenvalue weighted by atomic mass is 19.1. The monoisotopic (exact) mass is 280 g/mol. The van der Waals surface area contributed by atoms with E-state index in [1.807, 2.05) is 0 Å². The van der Waals surface area contributed by atoms with Gasteiger partial charge in [-0.25, -0.2) is 4.39 Å². The third kappa shape index (κ3) is 2.90. The fourth-order valence-electron chi connectivity index (χ4n) is 3.42. The van der Waals surface area contributed by atoms with Crippen molar-refractivity contribution >= 4 is 5.69 Å². The average molecular weight is 280 g/mol. The minimum atomic E-state index is -0.337. The SMILES string of the molecule is CCC1CCCCC1(CN)Nc1ccc(F)c(OC)c1. The summed E-state index contributed by atoms with van der Waals surface area (Å²) in [5, 5.41) is 3.58. The molecule has 0 saturated heterocycles. The zero-order valence-electron chi connectivity index (χ0n) is 12.4. The molecule has 4 heteroatoms. The van der Waals surface area contributed by atoms with Crippen molar-refractivity contribution in [2.24, 2.45) is 11.7 Å². The molecule has 0 bridgehead atoms. The maximum Gasteiger partial charge on any atom is 0.165 e. The molecule has 2 unspecified atom stereocenters. The summed E-state index contributed by atoms with van der Waals surface area (Å²) in [4.78, 5) is 0. The Hall–Kier alpha value is -1.29. The second kappa shape index (κ2) is 6.44. The number of ether oxygens (including phenoxy) is 1. The lowest BCUT2D eigenvalue weighted by molar-refractivity contribution is 0.212. The van der Waals surface area contributed by atoms with Gasteiger partial charge in [-0.05, 0) is 30.9 Å². The molecule has 0 radical (unpaired) electrons. The highest BCUT2D eigenvalue weighted by molar-refractivity contribution is 5.51. The fourth-order valence-corrected chi connectivity index (χ4v) is 3.42. The van der Waals surface area contributed by atoms with E-state index < -0.39 is 0 Å². The van der Waals surface area contributed by atoms with Gasteiger partial charge in [0.1, 0.15) is 0 Å². The summed E-state index contributed by atoms with van der Waals surface area (Å²) in [5.74, 6) is 0.499. The minimum absolute atomic E-state index is 0.0736. The van der Waals surface area contributed by atoms with Crippen LogP contribution in [0.15, 0.2) is 18.2 Å². The van der Waals surface area contributed by atoms with Crippen molar-refractivity contribution in [2.75, 3.05) is 19.0 Å². The molecule has 0 amide bonds. The van der Waals surface area contributed by atoms with E-state index >= 15 is 0 Å². The molecule has 0 spiro atoms. The number of hydrogen-bond acceptors (Lipinski definition) is 3. The van der Waals surface area contributed by atoms with Crippen molar-refractivity contribution in [3.05, 3.63) is 24.0 Å². The number of nitrogens with two attached hydrogens (primary N) is 1. The lowest BCUT2D eigenvalue weighted by atomic mass is 9.71. The molecule has 1 aromatic carbocycles. The number of hydrogen-bond donors (Lipinski definition) is 2. The lowest BCUT2D eigenvalue weighted by Crippen LogP contribution is -2.53. The molecule has 0 aromatic heterocycles. The quantitative estimate of drug-likeness (QED) is 0.867. The van der Waals surface area contributed by atoms with Gasteiger partial charge in [-0.1, -0.05) is 26.2 Å². The first kappa shape index (κ1) is 15.1. The molecule has 1 aliphatic carbocycles. The first-order valence-corrected chi connectivity index (χ1v) is 7.47. The summed E-state index contributed by atoms with van der Waals surface area (Å²) >= 11 is 0. The van der Waals surface area contributed by atoms with Crippen molar-refractivity contribution < 1.29 is 9.13 Å². The molecule has 1 saturated carbocycles. The molecular formula is C16H25FN2O. The van der Waals surface area contributed by atoms with Crippen LogP contribution in [0.2, 0.25) is 0 Å². The van der Waals surface area contributed by atoms with Gasteiger partial charge in [0.15, 0.2) is 11.6 Å². The van der Waals surface area contributed by atoms with Gasteiger partial charge >= 0.3 is 0 Å². The van der Waals surface area contributed by atoms with E-state index in [2.05, 4.69) is 12.2 Å². The summed E-state index contributed by atoms with van der Waals surface area (Å²) in [6, 6.07) is 4.92. The molecule has 3 N–H and O–H groups in total. The number of nitrogens with one attached hydrogen (secondary N) is 1. The van der Waals surface area contributed by atoms with Gasteiger partial charge < -0.3 is 15.8 Å². The Morgan fingerprint density at radius 2 is 2.25 bits per heavy atom. The molecule has 3 nitrogen and oxygen atoms in total. The molecule has 0 aliphatic heterocycles. The van der Waals surface area contributed by atoms with Crippen LogP contribution >= 0.6 is 0 Å². The van der Waals surface area contributed by atoms with Crippen molar-refractivity contribution in [2.45, 2.75) is 44.6 Å². The number of anilines is 1. The predicted molar refractivity (Wildman–Crippen MR) is 80.6 cm³/mol. The van der Waals surface area contributed by atoms with Crippen LogP contribution in [0.25, 0.3) is 0 Å². The Bertz CT molecular complexity index is 452. The molecule has 2 rings (SSSR count). The number of methoxy groups -OCH3 is 1. The van der Waals surface area contributed by atoms with E-state index in [1.54, 1.807) is 12.1 Å². The molecule has 0 heterocycles. The summed E-state index contributed by atoms with van der Waals surface area (Å²) in [6.45, 7) is 2.82. The molecular weight excluding hydrogens is 255 g/mol. The first-order valence-electron chi connectivity index (χ1n) is 7.47. The van der Waals surface area contributed by atoms with E-state index in [1.165, 1.54) is 32.4 Å². The van der Waals surface area contributed by atoms with Crippen molar-refractivity contribution in [1.29, 1.82) is 0 Å². The van der Waals surface area contributed by atoms with E-state index in [9.17, 15) is 4.39 Å². The second-order valence-corrected chi connectivity index (χ2v) is 5.69. The van der Waals surface area contributed by atoms with Crippen LogP contribution in [0.4, 0.5) is 10.1 Å². The van der Waals surface area contributed by atoms with E-state index in [-0.39, 0.29) is 17.1 Å². The van der Waals surface area contributed by atoms with Crippen molar-refractivity contribution in [3.8, 4) is 5.75 Å². The highest BCUT2D eigenvalue weighted by Gasteiger charge is 2.38. The lowest BCUT2D eigenvalue weighted by Gasteiger charge is -2.44. The standard InChI is InChI=1S/C16H25FN2O/c1-3-12-6-4-5-9-16(12,11-18)19-13-7-8-14(17)15(10-13)20-2/h7-8,10,12,19H,3-6,9,11,18H2,1-2H3. The highest BCUT2D eigenvalue weighted by Crippen LogP contribution is 2.38. The topological polar surface area (TPSA) is 47.3 Å². The minimum Gasteiger partial charge on any atom is -0.494 e. The summed E-state index contributed by atoms with van der Waals surface area (Å²) < 4.78 is 18.5. The van der Waals surface area contributed by atoms with E-state index in [0.717, 1.165) is 18.5 Å². The third-order valence-electron chi connectivity index (χ3n) is 4.61. The number of benzene rings is 1. The van der Waals surface area contributed by atoms with Crippen molar-refractivity contribution in [3.63, 3.8) is 0 Å². The van der Waals surface area contributed by atoms with Crippen LogP contribution in [-0.2, 0) is 0 Å². The zero-order valence-corrected chi connectivity index (χ0v) is 12.4. The Balaban J connectivity index is 2.24. The number of rotatable bonds is 5.